The molecule has 0 saturated heterocycles. The third-order valence-corrected chi connectivity index (χ3v) is 6.21. The molecule has 0 aliphatic heterocycles. The maximum atomic E-state index is 12.5. The number of hydrogen-bond acceptors (Lipinski definition) is 8. The van der Waals surface area contributed by atoms with Gasteiger partial charge in [-0.3, -0.25) is 19.4 Å². The third-order valence-electron chi connectivity index (χ3n) is 4.91. The molecule has 0 aliphatic carbocycles. The molecule has 5 aromatic rings. The Hall–Kier alpha value is -4.29. The topological polar surface area (TPSA) is 156 Å². The number of fused-ring (bicyclic) bond motifs is 1. The lowest BCUT2D eigenvalue weighted by atomic mass is 10.1. The fraction of sp³-hybridized carbons (Fsp3) is 0.0476. The minimum Gasteiger partial charge on any atom is -0.366 e. The largest absolute Gasteiger partial charge is 0.366 e. The maximum absolute atomic E-state index is 12.5. The molecular weight excluding hydrogens is 478 g/mol. The summed E-state index contributed by atoms with van der Waals surface area (Å²) in [6.45, 7) is 0. The number of hydrogen-bond donors (Lipinski definition) is 4. The van der Waals surface area contributed by atoms with Gasteiger partial charge in [-0.05, 0) is 30.3 Å². The molecule has 170 valence electrons. The summed E-state index contributed by atoms with van der Waals surface area (Å²) in [7, 11) is 1.71. The number of aryl methyl sites for hydroxylation is 1. The number of aromatic nitrogens is 6. The smallest absolute Gasteiger partial charge is 0.258 e. The molecule has 5 N–H and O–H groups in total. The van der Waals surface area contributed by atoms with E-state index >= 15 is 0 Å². The lowest BCUT2D eigenvalue weighted by Gasteiger charge is -2.08. The molecular formula is C21H16ClN9O2S. The number of nitrogens with one attached hydrogen (secondary N) is 3. The highest BCUT2D eigenvalue weighted by Crippen LogP contribution is 2.35. The zero-order valence-corrected chi connectivity index (χ0v) is 19.1. The average Bonchev–Trinajstić information content (AvgIpc) is 3.56. The second-order valence-corrected chi connectivity index (χ2v) is 8.67. The molecule has 0 saturated carbocycles. The summed E-state index contributed by atoms with van der Waals surface area (Å²) in [5, 5.41) is 27.4. The Kier molecular flexibility index (Phi) is 5.43. The van der Waals surface area contributed by atoms with Crippen molar-refractivity contribution in [3.8, 4) is 10.6 Å². The van der Waals surface area contributed by atoms with Crippen LogP contribution in [0.3, 0.4) is 0 Å². The van der Waals surface area contributed by atoms with Crippen molar-refractivity contribution in [3.05, 3.63) is 65.1 Å². The van der Waals surface area contributed by atoms with Gasteiger partial charge in [-0.1, -0.05) is 22.9 Å². The van der Waals surface area contributed by atoms with Crippen molar-refractivity contribution in [3.63, 3.8) is 0 Å². The van der Waals surface area contributed by atoms with E-state index in [0.717, 1.165) is 10.9 Å². The fourth-order valence-electron chi connectivity index (χ4n) is 3.29. The van der Waals surface area contributed by atoms with Crippen LogP contribution in [0.25, 0.3) is 21.5 Å². The fourth-order valence-corrected chi connectivity index (χ4v) is 4.30. The number of nitrogens with zero attached hydrogens (tertiary/aromatic N) is 5. The zero-order chi connectivity index (χ0) is 23.8. The van der Waals surface area contributed by atoms with Crippen molar-refractivity contribution in [1.29, 1.82) is 0 Å². The summed E-state index contributed by atoms with van der Waals surface area (Å²) in [6, 6.07) is 8.45. The summed E-state index contributed by atoms with van der Waals surface area (Å²) < 4.78 is 1.52. The van der Waals surface area contributed by atoms with E-state index in [1.807, 2.05) is 12.1 Å². The first-order valence-corrected chi connectivity index (χ1v) is 11.0. The lowest BCUT2D eigenvalue weighted by molar-refractivity contribution is 0.0996. The lowest BCUT2D eigenvalue weighted by Crippen LogP contribution is -2.14. The second kappa shape index (κ2) is 8.57. The molecule has 0 atom stereocenters. The predicted octanol–water partition coefficient (Wildman–Crippen LogP) is 3.56. The van der Waals surface area contributed by atoms with Crippen molar-refractivity contribution in [1.82, 2.24) is 30.2 Å². The predicted molar refractivity (Wildman–Crippen MR) is 129 cm³/mol. The van der Waals surface area contributed by atoms with Crippen LogP contribution in [0.5, 0.6) is 0 Å². The van der Waals surface area contributed by atoms with E-state index in [-0.39, 0.29) is 11.5 Å². The average molecular weight is 494 g/mol. The number of halogens is 1. The van der Waals surface area contributed by atoms with E-state index in [1.54, 1.807) is 31.6 Å². The Morgan fingerprint density at radius 3 is 2.76 bits per heavy atom. The number of amides is 2. The van der Waals surface area contributed by atoms with Gasteiger partial charge in [-0.25, -0.2) is 0 Å². The van der Waals surface area contributed by atoms with Crippen molar-refractivity contribution in [2.75, 3.05) is 10.6 Å². The highest BCUT2D eigenvalue weighted by molar-refractivity contribution is 7.18. The molecule has 0 unspecified atom stereocenters. The van der Waals surface area contributed by atoms with Crippen LogP contribution in [0.2, 0.25) is 5.02 Å². The van der Waals surface area contributed by atoms with Gasteiger partial charge in [-0.15, -0.1) is 10.2 Å². The van der Waals surface area contributed by atoms with Crippen LogP contribution >= 0.6 is 22.9 Å². The Morgan fingerprint density at radius 2 is 2.00 bits per heavy atom. The van der Waals surface area contributed by atoms with Gasteiger partial charge in [0.1, 0.15) is 5.01 Å². The van der Waals surface area contributed by atoms with Crippen molar-refractivity contribution < 1.29 is 9.59 Å². The summed E-state index contributed by atoms with van der Waals surface area (Å²) in [6.07, 6.45) is 4.68. The highest BCUT2D eigenvalue weighted by Gasteiger charge is 2.15. The minimum absolute atomic E-state index is 0.220. The van der Waals surface area contributed by atoms with Gasteiger partial charge < -0.3 is 16.4 Å². The number of carbonyl (C=O) groups excluding carboxylic acids is 2. The second-order valence-electron chi connectivity index (χ2n) is 7.32. The van der Waals surface area contributed by atoms with Gasteiger partial charge >= 0.3 is 0 Å². The van der Waals surface area contributed by atoms with Crippen molar-refractivity contribution >= 4 is 62.2 Å². The van der Waals surface area contributed by atoms with Crippen LogP contribution in [-0.4, -0.2) is 42.0 Å². The SMILES string of the molecule is Cn1cc(C(=O)Nc2cc(C(N)=O)cc(-c3nnc(Nc4ccc5[nH]ncc5c4Cl)s3)c2)cn1. The first-order valence-electron chi connectivity index (χ1n) is 9.85. The number of benzene rings is 2. The molecule has 0 fully saturated rings. The Balaban J connectivity index is 1.43. The van der Waals surface area contributed by atoms with Crippen LogP contribution in [0.15, 0.2) is 48.9 Å². The highest BCUT2D eigenvalue weighted by atomic mass is 35.5. The number of nitrogens with two attached hydrogens (primary N) is 1. The van der Waals surface area contributed by atoms with Gasteiger partial charge in [0, 0.05) is 35.4 Å². The molecule has 34 heavy (non-hydrogen) atoms. The van der Waals surface area contributed by atoms with Gasteiger partial charge in [-0.2, -0.15) is 10.2 Å². The molecule has 3 aromatic heterocycles. The van der Waals surface area contributed by atoms with E-state index in [0.29, 0.717) is 37.7 Å². The number of H-pyrrole nitrogens is 1. The molecule has 5 rings (SSSR count). The monoisotopic (exact) mass is 493 g/mol. The van der Waals surface area contributed by atoms with Gasteiger partial charge in [0.2, 0.25) is 11.0 Å². The molecule has 2 amide bonds. The minimum atomic E-state index is -0.637. The third kappa shape index (κ3) is 4.19. The van der Waals surface area contributed by atoms with E-state index in [9.17, 15) is 9.59 Å². The molecule has 3 heterocycles. The van der Waals surface area contributed by atoms with E-state index < -0.39 is 5.91 Å². The number of primary amides is 1. The van der Waals surface area contributed by atoms with Crippen molar-refractivity contribution in [2.24, 2.45) is 12.8 Å². The summed E-state index contributed by atoms with van der Waals surface area (Å²) >= 11 is 7.72. The Bertz CT molecular complexity index is 1550. The molecule has 0 bridgehead atoms. The zero-order valence-electron chi connectivity index (χ0n) is 17.5. The number of carbonyl (C=O) groups is 2. The Morgan fingerprint density at radius 1 is 1.15 bits per heavy atom. The van der Waals surface area contributed by atoms with Gasteiger partial charge in [0.15, 0.2) is 0 Å². The van der Waals surface area contributed by atoms with E-state index in [1.165, 1.54) is 28.3 Å². The first-order chi connectivity index (χ1) is 16.4. The number of aromatic amines is 1. The molecule has 0 aliphatic rings. The van der Waals surface area contributed by atoms with Gasteiger partial charge in [0.05, 0.1) is 34.2 Å². The summed E-state index contributed by atoms with van der Waals surface area (Å²) in [5.41, 5.74) is 8.52. The van der Waals surface area contributed by atoms with Crippen LogP contribution < -0.4 is 16.4 Å². The van der Waals surface area contributed by atoms with Crippen molar-refractivity contribution in [2.45, 2.75) is 0 Å². The van der Waals surface area contributed by atoms with E-state index in [2.05, 4.69) is 36.1 Å². The van der Waals surface area contributed by atoms with Gasteiger partial charge in [0.25, 0.3) is 5.91 Å². The molecule has 11 nitrogen and oxygen atoms in total. The van der Waals surface area contributed by atoms with E-state index in [4.69, 9.17) is 17.3 Å². The number of anilines is 3. The first kappa shape index (κ1) is 21.6. The van der Waals surface area contributed by atoms with Crippen LogP contribution in [0, 0.1) is 0 Å². The maximum Gasteiger partial charge on any atom is 0.258 e. The van der Waals surface area contributed by atoms with Crippen LogP contribution in [0.4, 0.5) is 16.5 Å². The van der Waals surface area contributed by atoms with Crippen LogP contribution in [0.1, 0.15) is 20.7 Å². The quantitative estimate of drug-likeness (QED) is 0.281. The molecule has 0 spiro atoms. The standard InChI is InChI=1S/C21H16ClN9O2S/c1-31-9-12(7-25-31)19(33)26-13-5-10(18(23)32)4-11(6-13)20-29-30-21(34-20)27-16-3-2-15-14(17(16)22)8-24-28-15/h2-9H,1H3,(H2,23,32)(H,24,28)(H,26,33)(H,27,30). The summed E-state index contributed by atoms with van der Waals surface area (Å²) in [5.74, 6) is -1.01. The molecule has 2 aromatic carbocycles. The summed E-state index contributed by atoms with van der Waals surface area (Å²) in [4.78, 5) is 24.4. The number of rotatable bonds is 6. The molecule has 13 heteroatoms. The molecule has 0 radical (unpaired) electrons. The normalized spacial score (nSPS) is 11.0. The van der Waals surface area contributed by atoms with Crippen LogP contribution in [-0.2, 0) is 7.05 Å². The Labute approximate surface area is 200 Å².